The van der Waals surface area contributed by atoms with Crippen molar-refractivity contribution in [3.05, 3.63) is 112 Å². The zero-order chi connectivity index (χ0) is 19.1. The van der Waals surface area contributed by atoms with Crippen molar-refractivity contribution >= 4 is 23.1 Å². The van der Waals surface area contributed by atoms with Gasteiger partial charge in [0.25, 0.3) is 0 Å². The van der Waals surface area contributed by atoms with E-state index in [4.69, 9.17) is 11.6 Å². The van der Waals surface area contributed by atoms with Crippen LogP contribution in [0.15, 0.2) is 84.9 Å². The Morgan fingerprint density at radius 2 is 1.68 bits per heavy atom. The van der Waals surface area contributed by atoms with Gasteiger partial charge in [0.15, 0.2) is 5.78 Å². The van der Waals surface area contributed by atoms with Gasteiger partial charge in [0.05, 0.1) is 6.04 Å². The summed E-state index contributed by atoms with van der Waals surface area (Å²) >= 11 is 6.45. The van der Waals surface area contributed by atoms with Gasteiger partial charge >= 0.3 is 0 Å². The van der Waals surface area contributed by atoms with Crippen LogP contribution in [0.4, 0.5) is 5.69 Å². The van der Waals surface area contributed by atoms with Crippen molar-refractivity contribution in [2.24, 2.45) is 5.92 Å². The molecule has 138 valence electrons. The quantitative estimate of drug-likeness (QED) is 0.417. The van der Waals surface area contributed by atoms with Crippen LogP contribution in [0.2, 0.25) is 5.02 Å². The molecule has 0 radical (unpaired) electrons. The first-order chi connectivity index (χ1) is 13.7. The molecule has 3 aromatic rings. The molecule has 3 heteroatoms. The number of hydrogen-bond donors (Lipinski definition) is 1. The van der Waals surface area contributed by atoms with Crippen LogP contribution in [-0.2, 0) is 0 Å². The summed E-state index contributed by atoms with van der Waals surface area (Å²) in [7, 11) is 0. The maximum Gasteiger partial charge on any atom is 0.195 e. The average Bonchev–Trinajstić information content (AvgIpc) is 3.24. The van der Waals surface area contributed by atoms with E-state index in [1.165, 1.54) is 5.56 Å². The van der Waals surface area contributed by atoms with Crippen LogP contribution in [0.5, 0.6) is 0 Å². The van der Waals surface area contributed by atoms with E-state index in [1.54, 1.807) is 6.07 Å². The predicted molar refractivity (Wildman–Crippen MR) is 114 cm³/mol. The third kappa shape index (κ3) is 2.85. The fraction of sp³-hybridized carbons (Fsp3) is 0.160. The highest BCUT2D eigenvalue weighted by Gasteiger charge is 2.39. The maximum absolute atomic E-state index is 13.3. The lowest BCUT2D eigenvalue weighted by molar-refractivity contribution is 0.103. The zero-order valence-corrected chi connectivity index (χ0v) is 16.1. The number of halogens is 1. The topological polar surface area (TPSA) is 29.1 Å². The summed E-state index contributed by atoms with van der Waals surface area (Å²) in [5, 5.41) is 4.32. The van der Waals surface area contributed by atoms with Crippen LogP contribution in [-0.4, -0.2) is 5.78 Å². The highest BCUT2D eigenvalue weighted by atomic mass is 35.5. The average molecular weight is 386 g/mol. The molecule has 0 amide bonds. The van der Waals surface area contributed by atoms with Gasteiger partial charge in [-0.3, -0.25) is 4.79 Å². The SMILES string of the molecule is O=C(c1ccccc1)c1cc(Cl)cc2c1N[C@H](c1ccccc1)[C@@H]1CC=C[C@H]21. The molecule has 5 rings (SSSR count). The highest BCUT2D eigenvalue weighted by Crippen LogP contribution is 2.51. The first-order valence-electron chi connectivity index (χ1n) is 9.64. The molecule has 0 aromatic heterocycles. The monoisotopic (exact) mass is 385 g/mol. The highest BCUT2D eigenvalue weighted by molar-refractivity contribution is 6.31. The summed E-state index contributed by atoms with van der Waals surface area (Å²) in [5.41, 5.74) is 4.61. The standard InChI is InChI=1S/C25H20ClNO/c26-18-14-21-19-12-7-13-20(19)23(16-8-3-1-4-9-16)27-24(21)22(15-18)25(28)17-10-5-2-6-11-17/h1-12,14-15,19-20,23,27H,13H2/t19-,20+,23+/m0/s1. The minimum absolute atomic E-state index is 0.000844. The van der Waals surface area contributed by atoms with Crippen molar-refractivity contribution in [1.29, 1.82) is 0 Å². The molecule has 0 bridgehead atoms. The van der Waals surface area contributed by atoms with Gasteiger partial charge in [0.2, 0.25) is 0 Å². The molecular formula is C25H20ClNO. The summed E-state index contributed by atoms with van der Waals surface area (Å²) in [6.45, 7) is 0. The van der Waals surface area contributed by atoms with Gasteiger partial charge in [0.1, 0.15) is 0 Å². The molecule has 28 heavy (non-hydrogen) atoms. The molecule has 1 aliphatic heterocycles. The van der Waals surface area contributed by atoms with E-state index < -0.39 is 0 Å². The second-order valence-corrected chi connectivity index (χ2v) is 7.94. The van der Waals surface area contributed by atoms with E-state index in [0.29, 0.717) is 22.1 Å². The molecule has 3 aromatic carbocycles. The summed E-state index contributed by atoms with van der Waals surface area (Å²) in [6.07, 6.45) is 5.54. The van der Waals surface area contributed by atoms with Crippen LogP contribution in [0.3, 0.4) is 0 Å². The smallest absolute Gasteiger partial charge is 0.195 e. The molecule has 0 spiro atoms. The van der Waals surface area contributed by atoms with E-state index in [-0.39, 0.29) is 17.7 Å². The number of ketones is 1. The van der Waals surface area contributed by atoms with Gasteiger partial charge < -0.3 is 5.32 Å². The number of fused-ring (bicyclic) bond motifs is 3. The Morgan fingerprint density at radius 1 is 0.964 bits per heavy atom. The number of allylic oxidation sites excluding steroid dienone is 2. The fourth-order valence-corrected chi connectivity index (χ4v) is 4.81. The first kappa shape index (κ1) is 17.3. The van der Waals surface area contributed by atoms with Gasteiger partial charge in [0, 0.05) is 27.8 Å². The number of nitrogens with one attached hydrogen (secondary N) is 1. The molecule has 2 aliphatic rings. The number of rotatable bonds is 3. The normalized spacial score (nSPS) is 22.2. The lowest BCUT2D eigenvalue weighted by Crippen LogP contribution is -2.30. The molecule has 0 unspecified atom stereocenters. The number of hydrogen-bond acceptors (Lipinski definition) is 2. The Labute approximate surface area is 169 Å². The van der Waals surface area contributed by atoms with E-state index in [0.717, 1.165) is 17.7 Å². The zero-order valence-electron chi connectivity index (χ0n) is 15.3. The van der Waals surface area contributed by atoms with Crippen LogP contribution in [0, 0.1) is 5.92 Å². The minimum Gasteiger partial charge on any atom is -0.377 e. The Hall–Kier alpha value is -2.84. The lowest BCUT2D eigenvalue weighted by atomic mass is 9.76. The second-order valence-electron chi connectivity index (χ2n) is 7.50. The Morgan fingerprint density at radius 3 is 2.43 bits per heavy atom. The summed E-state index contributed by atoms with van der Waals surface area (Å²) in [5.74, 6) is 0.689. The second kappa shape index (κ2) is 6.96. The Bertz CT molecular complexity index is 1060. The first-order valence-corrected chi connectivity index (χ1v) is 10.0. The molecule has 0 saturated carbocycles. The summed E-state index contributed by atoms with van der Waals surface area (Å²) < 4.78 is 0. The predicted octanol–water partition coefficient (Wildman–Crippen LogP) is 6.40. The Balaban J connectivity index is 1.66. The number of carbonyl (C=O) groups excluding carboxylic acids is 1. The van der Waals surface area contributed by atoms with Crippen molar-refractivity contribution in [2.75, 3.05) is 5.32 Å². The summed E-state index contributed by atoms with van der Waals surface area (Å²) in [4.78, 5) is 13.3. The number of anilines is 1. The number of benzene rings is 3. The van der Waals surface area contributed by atoms with Crippen molar-refractivity contribution in [1.82, 2.24) is 0 Å². The molecule has 3 atom stereocenters. The van der Waals surface area contributed by atoms with Crippen molar-refractivity contribution in [3.8, 4) is 0 Å². The van der Waals surface area contributed by atoms with Crippen LogP contribution in [0.1, 0.15) is 45.4 Å². The van der Waals surface area contributed by atoms with E-state index in [1.807, 2.05) is 42.5 Å². The van der Waals surface area contributed by atoms with Gasteiger partial charge in [-0.1, -0.05) is 84.4 Å². The van der Waals surface area contributed by atoms with E-state index in [9.17, 15) is 4.79 Å². The van der Waals surface area contributed by atoms with Gasteiger partial charge in [-0.2, -0.15) is 0 Å². The molecular weight excluding hydrogens is 366 g/mol. The largest absolute Gasteiger partial charge is 0.377 e. The molecule has 1 aliphatic carbocycles. The van der Waals surface area contributed by atoms with Crippen LogP contribution >= 0.6 is 11.6 Å². The van der Waals surface area contributed by atoms with Crippen LogP contribution < -0.4 is 5.32 Å². The molecule has 2 nitrogen and oxygen atoms in total. The Kier molecular flexibility index (Phi) is 4.29. The van der Waals surface area contributed by atoms with Gasteiger partial charge in [-0.15, -0.1) is 0 Å². The molecule has 0 fully saturated rings. The summed E-state index contributed by atoms with van der Waals surface area (Å²) in [6, 6.07) is 23.9. The van der Waals surface area contributed by atoms with Gasteiger partial charge in [-0.05, 0) is 35.6 Å². The molecule has 1 heterocycles. The third-order valence-corrected chi connectivity index (χ3v) is 6.09. The van der Waals surface area contributed by atoms with E-state index >= 15 is 0 Å². The number of carbonyl (C=O) groups is 1. The molecule has 0 saturated heterocycles. The van der Waals surface area contributed by atoms with Crippen molar-refractivity contribution < 1.29 is 4.79 Å². The van der Waals surface area contributed by atoms with E-state index in [2.05, 4.69) is 41.7 Å². The van der Waals surface area contributed by atoms with Gasteiger partial charge in [-0.25, -0.2) is 0 Å². The lowest BCUT2D eigenvalue weighted by Gasteiger charge is -2.38. The third-order valence-electron chi connectivity index (χ3n) is 5.87. The van der Waals surface area contributed by atoms with Crippen molar-refractivity contribution in [2.45, 2.75) is 18.4 Å². The van der Waals surface area contributed by atoms with Crippen molar-refractivity contribution in [3.63, 3.8) is 0 Å². The molecule has 1 N–H and O–H groups in total. The van der Waals surface area contributed by atoms with Crippen LogP contribution in [0.25, 0.3) is 0 Å². The maximum atomic E-state index is 13.3. The minimum atomic E-state index is -0.000844. The fourth-order valence-electron chi connectivity index (χ4n) is 4.58.